The molecule has 1 amide bonds. The summed E-state index contributed by atoms with van der Waals surface area (Å²) >= 11 is 0. The first-order chi connectivity index (χ1) is 13.8. The number of aryl methyl sites for hydroxylation is 2. The van der Waals surface area contributed by atoms with E-state index in [1.807, 2.05) is 26.0 Å². The third-order valence-corrected chi connectivity index (χ3v) is 4.48. The molecule has 0 bridgehead atoms. The summed E-state index contributed by atoms with van der Waals surface area (Å²) in [5.74, 6) is 0.800. The highest BCUT2D eigenvalue weighted by Gasteiger charge is 2.16. The molecule has 29 heavy (non-hydrogen) atoms. The molecule has 156 valence electrons. The predicted molar refractivity (Wildman–Crippen MR) is 108 cm³/mol. The summed E-state index contributed by atoms with van der Waals surface area (Å²) in [5.41, 5.74) is 2.96. The zero-order valence-corrected chi connectivity index (χ0v) is 17.4. The van der Waals surface area contributed by atoms with Crippen molar-refractivity contribution in [2.75, 3.05) is 27.4 Å². The van der Waals surface area contributed by atoms with Gasteiger partial charge < -0.3 is 24.3 Å². The fraction of sp³-hybridized carbons (Fsp3) is 0.364. The highest BCUT2D eigenvalue weighted by molar-refractivity contribution is 5.81. The molecule has 0 saturated heterocycles. The van der Waals surface area contributed by atoms with Gasteiger partial charge in [0.15, 0.2) is 13.2 Å². The number of hydrogen-bond donors (Lipinski definition) is 1. The molecule has 1 atom stereocenters. The predicted octanol–water partition coefficient (Wildman–Crippen LogP) is 3.12. The van der Waals surface area contributed by atoms with Crippen molar-refractivity contribution < 1.29 is 28.5 Å². The number of esters is 1. The molecule has 0 spiro atoms. The Bertz CT molecular complexity index is 864. The quantitative estimate of drug-likeness (QED) is 0.650. The van der Waals surface area contributed by atoms with Gasteiger partial charge >= 0.3 is 5.97 Å². The van der Waals surface area contributed by atoms with Crippen LogP contribution >= 0.6 is 0 Å². The first-order valence-corrected chi connectivity index (χ1v) is 9.21. The standard InChI is InChI=1S/C22H27NO6/c1-14-6-7-18(10-15(14)2)28-13-22(25)29-12-21(24)23-16(3)19-11-17(26-4)8-9-20(19)27-5/h6-11,16H,12-13H2,1-5H3,(H,23,24)/t16-/m0/s1. The van der Waals surface area contributed by atoms with Crippen molar-refractivity contribution in [2.24, 2.45) is 0 Å². The van der Waals surface area contributed by atoms with E-state index in [0.29, 0.717) is 17.2 Å². The van der Waals surface area contributed by atoms with E-state index in [-0.39, 0.29) is 12.6 Å². The topological polar surface area (TPSA) is 83.1 Å². The number of benzene rings is 2. The molecule has 0 fully saturated rings. The first kappa shape index (κ1) is 22.1. The summed E-state index contributed by atoms with van der Waals surface area (Å²) in [7, 11) is 3.12. The summed E-state index contributed by atoms with van der Waals surface area (Å²) in [5, 5.41) is 2.77. The van der Waals surface area contributed by atoms with Crippen LogP contribution in [0, 0.1) is 13.8 Å². The Hall–Kier alpha value is -3.22. The maximum absolute atomic E-state index is 12.1. The molecule has 0 aromatic heterocycles. The van der Waals surface area contributed by atoms with Crippen molar-refractivity contribution in [3.8, 4) is 17.2 Å². The Kier molecular flexibility index (Phi) is 7.88. The van der Waals surface area contributed by atoms with Crippen LogP contribution < -0.4 is 19.5 Å². The molecule has 0 aliphatic rings. The summed E-state index contributed by atoms with van der Waals surface area (Å²) < 4.78 is 20.9. The van der Waals surface area contributed by atoms with E-state index in [0.717, 1.165) is 16.7 Å². The molecule has 0 aliphatic heterocycles. The molecule has 7 heteroatoms. The molecule has 0 aliphatic carbocycles. The van der Waals surface area contributed by atoms with E-state index in [9.17, 15) is 9.59 Å². The minimum Gasteiger partial charge on any atom is -0.497 e. The minimum absolute atomic E-state index is 0.269. The number of nitrogens with one attached hydrogen (secondary N) is 1. The van der Waals surface area contributed by atoms with Crippen LogP contribution in [0.15, 0.2) is 36.4 Å². The number of carbonyl (C=O) groups excluding carboxylic acids is 2. The van der Waals surface area contributed by atoms with E-state index in [1.54, 1.807) is 45.4 Å². The smallest absolute Gasteiger partial charge is 0.344 e. The summed E-state index contributed by atoms with van der Waals surface area (Å²) in [6.45, 7) is 5.10. The third-order valence-electron chi connectivity index (χ3n) is 4.48. The van der Waals surface area contributed by atoms with Crippen molar-refractivity contribution in [1.82, 2.24) is 5.32 Å². The second-order valence-electron chi connectivity index (χ2n) is 6.59. The first-order valence-electron chi connectivity index (χ1n) is 9.21. The Morgan fingerprint density at radius 2 is 1.66 bits per heavy atom. The van der Waals surface area contributed by atoms with Crippen molar-refractivity contribution in [1.29, 1.82) is 0 Å². The highest BCUT2D eigenvalue weighted by atomic mass is 16.6. The van der Waals surface area contributed by atoms with Gasteiger partial charge in [0, 0.05) is 5.56 Å². The Labute approximate surface area is 170 Å². The molecule has 2 aromatic rings. The lowest BCUT2D eigenvalue weighted by Crippen LogP contribution is -2.32. The van der Waals surface area contributed by atoms with Crippen molar-refractivity contribution in [2.45, 2.75) is 26.8 Å². The van der Waals surface area contributed by atoms with E-state index < -0.39 is 18.5 Å². The molecule has 7 nitrogen and oxygen atoms in total. The monoisotopic (exact) mass is 401 g/mol. The van der Waals surface area contributed by atoms with E-state index in [2.05, 4.69) is 5.32 Å². The number of hydrogen-bond acceptors (Lipinski definition) is 6. The van der Waals surface area contributed by atoms with Gasteiger partial charge in [-0.05, 0) is 62.2 Å². The summed E-state index contributed by atoms with van der Waals surface area (Å²) in [6.07, 6.45) is 0. The molecule has 2 aromatic carbocycles. The molecule has 0 radical (unpaired) electrons. The van der Waals surface area contributed by atoms with Gasteiger partial charge in [0.1, 0.15) is 17.2 Å². The zero-order valence-electron chi connectivity index (χ0n) is 17.4. The van der Waals surface area contributed by atoms with Gasteiger partial charge in [-0.25, -0.2) is 4.79 Å². The SMILES string of the molecule is COc1ccc(OC)c([C@H](C)NC(=O)COC(=O)COc2ccc(C)c(C)c2)c1. The van der Waals surface area contributed by atoms with Crippen LogP contribution in [0.25, 0.3) is 0 Å². The summed E-state index contributed by atoms with van der Waals surface area (Å²) in [4.78, 5) is 24.0. The van der Waals surface area contributed by atoms with Gasteiger partial charge in [-0.3, -0.25) is 4.79 Å². The van der Waals surface area contributed by atoms with Crippen LogP contribution in [-0.4, -0.2) is 39.3 Å². The average molecular weight is 401 g/mol. The molecule has 1 N–H and O–H groups in total. The van der Waals surface area contributed by atoms with Crippen LogP contribution in [0.3, 0.4) is 0 Å². The molecular weight excluding hydrogens is 374 g/mol. The van der Waals surface area contributed by atoms with Gasteiger partial charge in [0.05, 0.1) is 20.3 Å². The maximum Gasteiger partial charge on any atom is 0.344 e. The van der Waals surface area contributed by atoms with Gasteiger partial charge in [0.25, 0.3) is 5.91 Å². The normalized spacial score (nSPS) is 11.3. The van der Waals surface area contributed by atoms with Crippen molar-refractivity contribution in [3.63, 3.8) is 0 Å². The van der Waals surface area contributed by atoms with E-state index in [4.69, 9.17) is 18.9 Å². The van der Waals surface area contributed by atoms with Crippen LogP contribution in [0.4, 0.5) is 0 Å². The second-order valence-corrected chi connectivity index (χ2v) is 6.59. The van der Waals surface area contributed by atoms with Gasteiger partial charge in [-0.1, -0.05) is 6.07 Å². The Morgan fingerprint density at radius 3 is 2.31 bits per heavy atom. The molecule has 0 unspecified atom stereocenters. The largest absolute Gasteiger partial charge is 0.497 e. The van der Waals surface area contributed by atoms with Gasteiger partial charge in [-0.15, -0.1) is 0 Å². The fourth-order valence-electron chi connectivity index (χ4n) is 2.67. The highest BCUT2D eigenvalue weighted by Crippen LogP contribution is 2.29. The number of carbonyl (C=O) groups is 2. The maximum atomic E-state index is 12.1. The van der Waals surface area contributed by atoms with Crippen LogP contribution in [0.5, 0.6) is 17.2 Å². The number of rotatable bonds is 9. The molecule has 0 saturated carbocycles. The third kappa shape index (κ3) is 6.41. The fourth-order valence-corrected chi connectivity index (χ4v) is 2.67. The Morgan fingerprint density at radius 1 is 0.931 bits per heavy atom. The average Bonchev–Trinajstić information content (AvgIpc) is 2.72. The van der Waals surface area contributed by atoms with Gasteiger partial charge in [0.2, 0.25) is 0 Å². The second kappa shape index (κ2) is 10.4. The Balaban J connectivity index is 1.83. The van der Waals surface area contributed by atoms with Crippen LogP contribution in [0.2, 0.25) is 0 Å². The molecular formula is C22H27NO6. The lowest BCUT2D eigenvalue weighted by atomic mass is 10.1. The number of ether oxygens (including phenoxy) is 4. The van der Waals surface area contributed by atoms with Crippen LogP contribution in [-0.2, 0) is 14.3 Å². The number of methoxy groups -OCH3 is 2. The van der Waals surface area contributed by atoms with Crippen LogP contribution in [0.1, 0.15) is 29.7 Å². The minimum atomic E-state index is -0.620. The molecule has 2 rings (SSSR count). The van der Waals surface area contributed by atoms with E-state index in [1.165, 1.54) is 0 Å². The lowest BCUT2D eigenvalue weighted by Gasteiger charge is -2.18. The number of amides is 1. The van der Waals surface area contributed by atoms with Gasteiger partial charge in [-0.2, -0.15) is 0 Å². The molecule has 0 heterocycles. The summed E-state index contributed by atoms with van der Waals surface area (Å²) in [6, 6.07) is 10.5. The zero-order chi connectivity index (χ0) is 21.4. The lowest BCUT2D eigenvalue weighted by molar-refractivity contribution is -0.150. The van der Waals surface area contributed by atoms with Crippen molar-refractivity contribution in [3.05, 3.63) is 53.1 Å². The van der Waals surface area contributed by atoms with Crippen molar-refractivity contribution >= 4 is 11.9 Å². The van der Waals surface area contributed by atoms with E-state index >= 15 is 0 Å².